The predicted octanol–water partition coefficient (Wildman–Crippen LogP) is 3.81. The van der Waals surface area contributed by atoms with Crippen LogP contribution in [-0.4, -0.2) is 29.2 Å². The van der Waals surface area contributed by atoms with Gasteiger partial charge in [-0.15, -0.1) is 0 Å². The highest BCUT2D eigenvalue weighted by atomic mass is 19.4. The minimum absolute atomic E-state index is 0.0793. The molecular weight excluding hydrogens is 314 g/mol. The summed E-state index contributed by atoms with van der Waals surface area (Å²) in [5.74, 6) is -0.922. The van der Waals surface area contributed by atoms with Crippen molar-refractivity contribution in [3.05, 3.63) is 12.3 Å². The zero-order valence-corrected chi connectivity index (χ0v) is 11.5. The van der Waals surface area contributed by atoms with Crippen molar-refractivity contribution >= 4 is 0 Å². The third-order valence-corrected chi connectivity index (χ3v) is 5.47. The normalized spacial score (nSPS) is 38.0. The molecule has 1 N–H and O–H groups in total. The van der Waals surface area contributed by atoms with E-state index in [9.17, 15) is 31.4 Å². The maximum absolute atomic E-state index is 12.8. The van der Waals surface area contributed by atoms with Gasteiger partial charge in [0.2, 0.25) is 0 Å². The molecule has 2 saturated carbocycles. The third-order valence-electron chi connectivity index (χ3n) is 5.47. The number of alkyl halides is 6. The Labute approximate surface area is 123 Å². The summed E-state index contributed by atoms with van der Waals surface area (Å²) in [6, 6.07) is 0. The predicted molar refractivity (Wildman–Crippen MR) is 63.5 cm³/mol. The zero-order chi connectivity index (χ0) is 16.3. The molecule has 2 nitrogen and oxygen atoms in total. The molecule has 2 bridgehead atoms. The van der Waals surface area contributed by atoms with Crippen LogP contribution in [0.3, 0.4) is 0 Å². The average Bonchev–Trinajstić information content (AvgIpc) is 2.94. The largest absolute Gasteiger partial charge is 0.498 e. The Hall–Kier alpha value is -0.920. The van der Waals surface area contributed by atoms with Crippen molar-refractivity contribution in [1.29, 1.82) is 0 Å². The fourth-order valence-electron chi connectivity index (χ4n) is 4.43. The summed E-state index contributed by atoms with van der Waals surface area (Å²) < 4.78 is 82.3. The van der Waals surface area contributed by atoms with Gasteiger partial charge in [0.15, 0.2) is 0 Å². The Kier molecular flexibility index (Phi) is 3.47. The van der Waals surface area contributed by atoms with Crippen LogP contribution in [0.4, 0.5) is 26.3 Å². The van der Waals surface area contributed by atoms with Crippen LogP contribution in [0.5, 0.6) is 0 Å². The van der Waals surface area contributed by atoms with Crippen LogP contribution < -0.4 is 0 Å². The van der Waals surface area contributed by atoms with E-state index in [0.29, 0.717) is 6.42 Å². The molecule has 126 valence electrons. The first kappa shape index (κ1) is 16.0. The smallest absolute Gasteiger partial charge is 0.426 e. The monoisotopic (exact) mass is 330 g/mol. The van der Waals surface area contributed by atoms with Gasteiger partial charge in [0.05, 0.1) is 6.26 Å². The van der Waals surface area contributed by atoms with E-state index in [1.54, 1.807) is 0 Å². The van der Waals surface area contributed by atoms with Gasteiger partial charge in [-0.3, -0.25) is 0 Å². The molecule has 0 amide bonds. The first-order valence-electron chi connectivity index (χ1n) is 7.21. The molecule has 2 fully saturated rings. The van der Waals surface area contributed by atoms with Gasteiger partial charge in [0.25, 0.3) is 5.60 Å². The van der Waals surface area contributed by atoms with E-state index in [1.807, 2.05) is 6.08 Å². The van der Waals surface area contributed by atoms with Crippen LogP contribution in [0, 0.1) is 23.7 Å². The molecule has 0 aromatic carbocycles. The van der Waals surface area contributed by atoms with E-state index in [-0.39, 0.29) is 30.3 Å². The fraction of sp³-hybridized carbons (Fsp3) is 0.857. The maximum Gasteiger partial charge on any atom is 0.426 e. The highest BCUT2D eigenvalue weighted by Gasteiger charge is 2.71. The van der Waals surface area contributed by atoms with Crippen LogP contribution in [-0.2, 0) is 4.74 Å². The molecule has 8 heteroatoms. The Morgan fingerprint density at radius 1 is 1.00 bits per heavy atom. The van der Waals surface area contributed by atoms with Crippen LogP contribution in [0.2, 0.25) is 0 Å². The van der Waals surface area contributed by atoms with Gasteiger partial charge in [-0.25, -0.2) is 0 Å². The molecule has 22 heavy (non-hydrogen) atoms. The summed E-state index contributed by atoms with van der Waals surface area (Å²) >= 11 is 0. The lowest BCUT2D eigenvalue weighted by Gasteiger charge is -2.40. The van der Waals surface area contributed by atoms with E-state index in [0.717, 1.165) is 6.42 Å². The summed E-state index contributed by atoms with van der Waals surface area (Å²) in [6.45, 7) is 0. The number of allylic oxidation sites excluding steroid dienone is 1. The fourth-order valence-corrected chi connectivity index (χ4v) is 4.43. The van der Waals surface area contributed by atoms with Crippen LogP contribution in [0.25, 0.3) is 0 Å². The molecular formula is C14H16F6O2. The summed E-state index contributed by atoms with van der Waals surface area (Å²) in [6.07, 6.45) is -8.21. The summed E-state index contributed by atoms with van der Waals surface area (Å²) in [4.78, 5) is 0. The Bertz CT molecular complexity index is 455. The Balaban J connectivity index is 1.80. The van der Waals surface area contributed by atoms with Gasteiger partial charge in [-0.2, -0.15) is 26.3 Å². The van der Waals surface area contributed by atoms with Crippen LogP contribution >= 0.6 is 0 Å². The Morgan fingerprint density at radius 3 is 2.23 bits per heavy atom. The van der Waals surface area contributed by atoms with E-state index < -0.39 is 30.3 Å². The first-order valence-corrected chi connectivity index (χ1v) is 7.21. The number of rotatable bonds is 2. The van der Waals surface area contributed by atoms with Gasteiger partial charge >= 0.3 is 12.4 Å². The molecule has 0 saturated heterocycles. The lowest BCUT2D eigenvalue weighted by molar-refractivity contribution is -0.373. The first-order chi connectivity index (χ1) is 10.0. The maximum atomic E-state index is 12.8. The second-order valence-corrected chi connectivity index (χ2v) is 6.59. The van der Waals surface area contributed by atoms with Gasteiger partial charge < -0.3 is 9.84 Å². The van der Waals surface area contributed by atoms with Crippen molar-refractivity contribution in [3.63, 3.8) is 0 Å². The number of ether oxygens (including phenoxy) is 1. The highest BCUT2D eigenvalue weighted by molar-refractivity contribution is 5.08. The molecule has 0 spiro atoms. The quantitative estimate of drug-likeness (QED) is 0.780. The third kappa shape index (κ3) is 2.21. The molecule has 2 aliphatic carbocycles. The summed E-state index contributed by atoms with van der Waals surface area (Å²) in [5, 5.41) is 9.36. The second kappa shape index (κ2) is 4.79. The standard InChI is InChI=1S/C14H16F6O2/c15-13(16,17)12(21,14(18,19)20)6-8-4-7-5-10(8)11-9(7)2-1-3-22-11/h1,3,7-11,21H,2,4-6H2. The van der Waals surface area contributed by atoms with Crippen molar-refractivity contribution in [2.24, 2.45) is 23.7 Å². The minimum Gasteiger partial charge on any atom is -0.498 e. The zero-order valence-electron chi connectivity index (χ0n) is 11.5. The molecule has 1 aliphatic heterocycles. The molecule has 5 unspecified atom stereocenters. The number of halogens is 6. The van der Waals surface area contributed by atoms with Crippen molar-refractivity contribution in [1.82, 2.24) is 0 Å². The minimum atomic E-state index is -5.74. The molecule has 3 rings (SSSR count). The van der Waals surface area contributed by atoms with Gasteiger partial charge in [0.1, 0.15) is 6.10 Å². The van der Waals surface area contributed by atoms with E-state index in [2.05, 4.69) is 0 Å². The van der Waals surface area contributed by atoms with Gasteiger partial charge in [-0.05, 0) is 49.5 Å². The molecule has 5 atom stereocenters. The van der Waals surface area contributed by atoms with Gasteiger partial charge in [-0.1, -0.05) is 0 Å². The van der Waals surface area contributed by atoms with E-state index >= 15 is 0 Å². The van der Waals surface area contributed by atoms with Crippen LogP contribution in [0.15, 0.2) is 12.3 Å². The molecule has 3 aliphatic rings. The van der Waals surface area contributed by atoms with Crippen molar-refractivity contribution in [2.75, 3.05) is 0 Å². The Morgan fingerprint density at radius 2 is 1.64 bits per heavy atom. The summed E-state index contributed by atoms with van der Waals surface area (Å²) in [7, 11) is 0. The highest BCUT2D eigenvalue weighted by Crippen LogP contribution is 2.59. The lowest BCUT2D eigenvalue weighted by atomic mass is 9.73. The average molecular weight is 330 g/mol. The van der Waals surface area contributed by atoms with E-state index in [4.69, 9.17) is 4.74 Å². The topological polar surface area (TPSA) is 29.5 Å². The molecule has 0 aromatic rings. The van der Waals surface area contributed by atoms with Crippen molar-refractivity contribution < 1.29 is 36.2 Å². The molecule has 0 aromatic heterocycles. The molecule has 0 radical (unpaired) electrons. The SMILES string of the molecule is OC(CC1CC2CC1C1OC=CCC21)(C(F)(F)F)C(F)(F)F. The molecule has 1 heterocycles. The number of aliphatic hydroxyl groups is 1. The van der Waals surface area contributed by atoms with Crippen LogP contribution in [0.1, 0.15) is 25.7 Å². The lowest BCUT2D eigenvalue weighted by Crippen LogP contribution is -2.58. The number of hydrogen-bond acceptors (Lipinski definition) is 2. The number of hydrogen-bond donors (Lipinski definition) is 1. The summed E-state index contributed by atoms with van der Waals surface area (Å²) in [5.41, 5.74) is -4.64. The number of fused-ring (bicyclic) bond motifs is 5. The second-order valence-electron chi connectivity index (χ2n) is 6.59. The van der Waals surface area contributed by atoms with Crippen molar-refractivity contribution in [3.8, 4) is 0 Å². The van der Waals surface area contributed by atoms with Crippen molar-refractivity contribution in [2.45, 2.75) is 49.7 Å². The van der Waals surface area contributed by atoms with Gasteiger partial charge in [0, 0.05) is 5.92 Å². The van der Waals surface area contributed by atoms with E-state index in [1.165, 1.54) is 6.26 Å².